The predicted octanol–water partition coefficient (Wildman–Crippen LogP) is 4.07. The fourth-order valence-corrected chi connectivity index (χ4v) is 3.46. The van der Waals surface area contributed by atoms with Crippen LogP contribution in [0.4, 0.5) is 13.2 Å². The molecule has 3 rings (SSSR count). The van der Waals surface area contributed by atoms with Gasteiger partial charge in [0.25, 0.3) is 11.7 Å². The van der Waals surface area contributed by atoms with Crippen LogP contribution in [0, 0.1) is 13.8 Å². The van der Waals surface area contributed by atoms with E-state index in [9.17, 15) is 22.8 Å². The molecule has 9 heteroatoms. The van der Waals surface area contributed by atoms with Gasteiger partial charge in [-0.25, -0.2) is 4.68 Å². The number of rotatable bonds is 5. The van der Waals surface area contributed by atoms with E-state index in [1.54, 1.807) is 6.92 Å². The summed E-state index contributed by atoms with van der Waals surface area (Å²) in [6, 6.07) is 8.30. The summed E-state index contributed by atoms with van der Waals surface area (Å²) in [6.07, 6.45) is -4.49. The number of amides is 1. The number of hydrogen-bond donors (Lipinski definition) is 1. The number of halogens is 3. The average Bonchev–Trinajstić information content (AvgIpc) is 3.26. The Labute approximate surface area is 162 Å². The molecule has 2 heterocycles. The van der Waals surface area contributed by atoms with Crippen molar-refractivity contribution < 1.29 is 22.8 Å². The molecule has 1 N–H and O–H groups in total. The van der Waals surface area contributed by atoms with Crippen LogP contribution < -0.4 is 5.32 Å². The van der Waals surface area contributed by atoms with E-state index >= 15 is 0 Å². The topological polar surface area (TPSA) is 64.0 Å². The average molecular weight is 407 g/mol. The first-order chi connectivity index (χ1) is 13.2. The molecule has 28 heavy (non-hydrogen) atoms. The molecule has 0 unspecified atom stereocenters. The maximum Gasteiger partial charge on any atom is 0.416 e. The summed E-state index contributed by atoms with van der Waals surface area (Å²) >= 11 is 1.45. The van der Waals surface area contributed by atoms with E-state index < -0.39 is 23.4 Å². The maximum absolute atomic E-state index is 13.0. The summed E-state index contributed by atoms with van der Waals surface area (Å²) in [6.45, 7) is 3.30. The number of hydrogen-bond acceptors (Lipinski definition) is 4. The van der Waals surface area contributed by atoms with Crippen molar-refractivity contribution in [2.75, 3.05) is 0 Å². The quantitative estimate of drug-likeness (QED) is 0.512. The first-order valence-electron chi connectivity index (χ1n) is 8.27. The van der Waals surface area contributed by atoms with Crippen LogP contribution in [0.1, 0.15) is 32.2 Å². The predicted molar refractivity (Wildman–Crippen MR) is 98.5 cm³/mol. The smallest absolute Gasteiger partial charge is 0.344 e. The lowest BCUT2D eigenvalue weighted by atomic mass is 10.1. The Hall–Kier alpha value is -2.94. The first-order valence-corrected chi connectivity index (χ1v) is 9.15. The van der Waals surface area contributed by atoms with E-state index in [1.807, 2.05) is 17.5 Å². The number of benzene rings is 1. The fraction of sp³-hybridized carbons (Fsp3) is 0.211. The summed E-state index contributed by atoms with van der Waals surface area (Å²) < 4.78 is 40.1. The Kier molecular flexibility index (Phi) is 5.37. The minimum Gasteiger partial charge on any atom is -0.344 e. The second-order valence-electron chi connectivity index (χ2n) is 6.10. The van der Waals surface area contributed by atoms with Gasteiger partial charge in [-0.1, -0.05) is 12.1 Å². The molecule has 0 spiro atoms. The number of nitrogens with one attached hydrogen (secondary N) is 1. The van der Waals surface area contributed by atoms with Crippen LogP contribution in [0.25, 0.3) is 5.69 Å². The highest BCUT2D eigenvalue weighted by molar-refractivity contribution is 7.09. The highest BCUT2D eigenvalue weighted by Gasteiger charge is 2.31. The van der Waals surface area contributed by atoms with Crippen LogP contribution >= 0.6 is 11.3 Å². The molecule has 0 saturated carbocycles. The number of alkyl halides is 3. The van der Waals surface area contributed by atoms with Crippen molar-refractivity contribution in [1.29, 1.82) is 0 Å². The Morgan fingerprint density at radius 2 is 1.93 bits per heavy atom. The number of ketones is 1. The van der Waals surface area contributed by atoms with Crippen LogP contribution in [0.2, 0.25) is 0 Å². The van der Waals surface area contributed by atoms with Crippen LogP contribution in [0.3, 0.4) is 0 Å². The van der Waals surface area contributed by atoms with Gasteiger partial charge in [0.1, 0.15) is 0 Å². The maximum atomic E-state index is 13.0. The Balaban J connectivity index is 1.87. The van der Waals surface area contributed by atoms with E-state index in [2.05, 4.69) is 10.4 Å². The number of thiophene rings is 1. The summed E-state index contributed by atoms with van der Waals surface area (Å²) in [4.78, 5) is 25.7. The van der Waals surface area contributed by atoms with Crippen molar-refractivity contribution >= 4 is 23.0 Å². The lowest BCUT2D eigenvalue weighted by Gasteiger charge is -2.10. The third-order valence-electron chi connectivity index (χ3n) is 4.15. The lowest BCUT2D eigenvalue weighted by Crippen LogP contribution is -2.31. The van der Waals surface area contributed by atoms with Crippen LogP contribution in [-0.4, -0.2) is 21.5 Å². The van der Waals surface area contributed by atoms with Gasteiger partial charge in [0, 0.05) is 4.88 Å². The normalized spacial score (nSPS) is 11.5. The SMILES string of the molecule is Cc1nn(-c2cccc(C(F)(F)F)c2)c(C)c1C(=O)C(=O)NCc1cccs1. The molecular weight excluding hydrogens is 391 g/mol. The third-order valence-corrected chi connectivity index (χ3v) is 5.02. The minimum absolute atomic E-state index is 0.0843. The second-order valence-corrected chi connectivity index (χ2v) is 7.13. The van der Waals surface area contributed by atoms with Gasteiger partial charge in [0.2, 0.25) is 0 Å². The standard InChI is InChI=1S/C19H16F3N3O2S/c1-11-16(17(26)18(27)23-10-15-7-4-8-28-15)12(2)25(24-11)14-6-3-5-13(9-14)19(20,21)22/h3-9H,10H2,1-2H3,(H,23,27). The molecule has 0 radical (unpaired) electrons. The summed E-state index contributed by atoms with van der Waals surface area (Å²) in [5, 5.41) is 8.58. The Bertz CT molecular complexity index is 1020. The highest BCUT2D eigenvalue weighted by atomic mass is 32.1. The number of nitrogens with zero attached hydrogens (tertiary/aromatic N) is 2. The molecule has 1 aromatic carbocycles. The minimum atomic E-state index is -4.49. The molecule has 5 nitrogen and oxygen atoms in total. The monoisotopic (exact) mass is 407 g/mol. The molecule has 0 saturated heterocycles. The van der Waals surface area contributed by atoms with Crippen molar-refractivity contribution in [2.45, 2.75) is 26.6 Å². The van der Waals surface area contributed by atoms with Gasteiger partial charge >= 0.3 is 6.18 Å². The van der Waals surface area contributed by atoms with Gasteiger partial charge in [-0.05, 0) is 43.5 Å². The zero-order chi connectivity index (χ0) is 20.5. The summed E-state index contributed by atoms with van der Waals surface area (Å²) in [5.74, 6) is -1.56. The van der Waals surface area contributed by atoms with Crippen molar-refractivity contribution in [3.63, 3.8) is 0 Å². The molecule has 1 amide bonds. The van der Waals surface area contributed by atoms with Gasteiger partial charge in [-0.2, -0.15) is 18.3 Å². The first kappa shape index (κ1) is 19.8. The Morgan fingerprint density at radius 3 is 2.57 bits per heavy atom. The molecule has 3 aromatic rings. The van der Waals surface area contributed by atoms with Gasteiger partial charge in [0.15, 0.2) is 0 Å². The molecular formula is C19H16F3N3O2S. The second kappa shape index (κ2) is 7.59. The number of carbonyl (C=O) groups is 2. The van der Waals surface area contributed by atoms with Gasteiger partial charge < -0.3 is 5.32 Å². The van der Waals surface area contributed by atoms with E-state index in [0.717, 1.165) is 17.0 Å². The number of Topliss-reactive ketones (excluding diaryl/α,β-unsaturated/α-hetero) is 1. The lowest BCUT2D eigenvalue weighted by molar-refractivity contribution is -0.137. The molecule has 0 aliphatic carbocycles. The van der Waals surface area contributed by atoms with Gasteiger partial charge in [-0.3, -0.25) is 9.59 Å². The van der Waals surface area contributed by atoms with Crippen molar-refractivity contribution in [3.8, 4) is 5.69 Å². The molecule has 2 aromatic heterocycles. The van der Waals surface area contributed by atoms with E-state index in [1.165, 1.54) is 35.1 Å². The molecule has 0 aliphatic rings. The summed E-state index contributed by atoms with van der Waals surface area (Å²) in [7, 11) is 0. The van der Waals surface area contributed by atoms with E-state index in [0.29, 0.717) is 5.69 Å². The highest BCUT2D eigenvalue weighted by Crippen LogP contribution is 2.31. The van der Waals surface area contributed by atoms with Crippen LogP contribution in [0.5, 0.6) is 0 Å². The molecule has 0 bridgehead atoms. The van der Waals surface area contributed by atoms with E-state index in [-0.39, 0.29) is 23.5 Å². The molecule has 0 fully saturated rings. The van der Waals surface area contributed by atoms with Crippen molar-refractivity contribution in [2.24, 2.45) is 0 Å². The number of aryl methyl sites for hydroxylation is 1. The van der Waals surface area contributed by atoms with Crippen LogP contribution in [-0.2, 0) is 17.5 Å². The van der Waals surface area contributed by atoms with Crippen LogP contribution in [0.15, 0.2) is 41.8 Å². The molecule has 0 aliphatic heterocycles. The zero-order valence-electron chi connectivity index (χ0n) is 15.0. The van der Waals surface area contributed by atoms with E-state index in [4.69, 9.17) is 0 Å². The van der Waals surface area contributed by atoms with Crippen molar-refractivity contribution in [3.05, 3.63) is 69.2 Å². The summed E-state index contributed by atoms with van der Waals surface area (Å²) in [5.41, 5.74) is -0.00651. The molecule has 0 atom stereocenters. The number of carbonyl (C=O) groups excluding carboxylic acids is 2. The van der Waals surface area contributed by atoms with Crippen molar-refractivity contribution in [1.82, 2.24) is 15.1 Å². The van der Waals surface area contributed by atoms with Gasteiger partial charge in [-0.15, -0.1) is 11.3 Å². The third kappa shape index (κ3) is 3.99. The Morgan fingerprint density at radius 1 is 1.18 bits per heavy atom. The molecule has 146 valence electrons. The number of aromatic nitrogens is 2. The fourth-order valence-electron chi connectivity index (χ4n) is 2.81. The largest absolute Gasteiger partial charge is 0.416 e. The zero-order valence-corrected chi connectivity index (χ0v) is 15.8. The van der Waals surface area contributed by atoms with Gasteiger partial charge in [0.05, 0.1) is 34.7 Å².